The first kappa shape index (κ1) is 14.4. The minimum absolute atomic E-state index is 0.0136. The molecule has 1 N–H and O–H groups in total. The van der Waals surface area contributed by atoms with E-state index >= 15 is 0 Å². The highest BCUT2D eigenvalue weighted by molar-refractivity contribution is 6.31. The number of hydrogen-bond acceptors (Lipinski definition) is 2. The predicted octanol–water partition coefficient (Wildman–Crippen LogP) is 1.58. The predicted molar refractivity (Wildman–Crippen MR) is 76.9 cm³/mol. The zero-order valence-electron chi connectivity index (χ0n) is 11.1. The van der Waals surface area contributed by atoms with Gasteiger partial charge in [0.05, 0.1) is 6.04 Å². The van der Waals surface area contributed by atoms with E-state index in [1.807, 2.05) is 18.2 Å². The molecule has 1 aromatic carbocycles. The van der Waals surface area contributed by atoms with Crippen molar-refractivity contribution in [2.24, 2.45) is 0 Å². The Morgan fingerprint density at radius 3 is 2.95 bits per heavy atom. The second kappa shape index (κ2) is 6.44. The van der Waals surface area contributed by atoms with Crippen LogP contribution in [0.25, 0.3) is 0 Å². The summed E-state index contributed by atoms with van der Waals surface area (Å²) in [5.41, 5.74) is 0.905. The summed E-state index contributed by atoms with van der Waals surface area (Å²) in [6.45, 7) is 2.55. The van der Waals surface area contributed by atoms with Crippen molar-refractivity contribution in [3.05, 3.63) is 34.9 Å². The highest BCUT2D eigenvalue weighted by atomic mass is 35.5. The lowest BCUT2D eigenvalue weighted by Crippen LogP contribution is -2.36. The van der Waals surface area contributed by atoms with Crippen molar-refractivity contribution in [3.8, 4) is 11.8 Å². The number of likely N-dealkylation sites (tertiary alicyclic amines) is 1. The van der Waals surface area contributed by atoms with Crippen LogP contribution in [0, 0.1) is 11.8 Å². The lowest BCUT2D eigenvalue weighted by atomic mass is 10.2. The van der Waals surface area contributed by atoms with Gasteiger partial charge in [-0.2, -0.15) is 0 Å². The van der Waals surface area contributed by atoms with Gasteiger partial charge in [-0.05, 0) is 24.5 Å². The first-order valence-corrected chi connectivity index (χ1v) is 6.72. The van der Waals surface area contributed by atoms with Gasteiger partial charge in [0.15, 0.2) is 0 Å². The summed E-state index contributed by atoms with van der Waals surface area (Å²) in [7, 11) is 0. The van der Waals surface area contributed by atoms with E-state index < -0.39 is 0 Å². The SMILES string of the molecule is CC#CC(=O)N[C@H]1CC(=O)N(Cc2ccccc2Cl)C1. The van der Waals surface area contributed by atoms with E-state index in [9.17, 15) is 9.59 Å². The first-order chi connectivity index (χ1) is 9.60. The highest BCUT2D eigenvalue weighted by Gasteiger charge is 2.30. The average Bonchev–Trinajstić information content (AvgIpc) is 2.72. The van der Waals surface area contributed by atoms with E-state index in [1.54, 1.807) is 17.9 Å². The molecule has 0 spiro atoms. The summed E-state index contributed by atoms with van der Waals surface area (Å²) in [5.74, 6) is 4.61. The monoisotopic (exact) mass is 290 g/mol. The molecule has 4 nitrogen and oxygen atoms in total. The third kappa shape index (κ3) is 3.52. The molecule has 1 saturated heterocycles. The zero-order valence-corrected chi connectivity index (χ0v) is 11.9. The van der Waals surface area contributed by atoms with E-state index in [4.69, 9.17) is 11.6 Å². The van der Waals surface area contributed by atoms with E-state index in [0.29, 0.717) is 24.5 Å². The van der Waals surface area contributed by atoms with E-state index in [-0.39, 0.29) is 17.9 Å². The molecule has 1 atom stereocenters. The van der Waals surface area contributed by atoms with E-state index in [0.717, 1.165) is 5.56 Å². The molecule has 1 heterocycles. The molecule has 0 bridgehead atoms. The van der Waals surface area contributed by atoms with Crippen molar-refractivity contribution in [3.63, 3.8) is 0 Å². The lowest BCUT2D eigenvalue weighted by Gasteiger charge is -2.17. The Bertz CT molecular complexity index is 589. The van der Waals surface area contributed by atoms with Gasteiger partial charge in [0.2, 0.25) is 5.91 Å². The molecule has 2 amide bonds. The Morgan fingerprint density at radius 2 is 2.25 bits per heavy atom. The van der Waals surface area contributed by atoms with Crippen LogP contribution in [0.2, 0.25) is 5.02 Å². The second-order valence-corrected chi connectivity index (χ2v) is 5.02. The van der Waals surface area contributed by atoms with Crippen LogP contribution in [0.15, 0.2) is 24.3 Å². The number of carbonyl (C=O) groups excluding carboxylic acids is 2. The molecule has 2 rings (SSSR count). The first-order valence-electron chi connectivity index (χ1n) is 6.34. The second-order valence-electron chi connectivity index (χ2n) is 4.62. The summed E-state index contributed by atoms with van der Waals surface area (Å²) in [6, 6.07) is 7.25. The number of hydrogen-bond donors (Lipinski definition) is 1. The standard InChI is InChI=1S/C15H15ClN2O2/c1-2-5-14(19)17-12-8-15(20)18(10-12)9-11-6-3-4-7-13(11)16/h3-4,6-7,12H,8-10H2,1H3,(H,17,19)/t12-/m0/s1. The number of benzene rings is 1. The normalized spacial score (nSPS) is 17.6. The fraction of sp³-hybridized carbons (Fsp3) is 0.333. The molecule has 20 heavy (non-hydrogen) atoms. The van der Waals surface area contributed by atoms with Crippen molar-refractivity contribution in [2.45, 2.75) is 25.9 Å². The van der Waals surface area contributed by atoms with Gasteiger partial charge in [-0.25, -0.2) is 0 Å². The molecular weight excluding hydrogens is 276 g/mol. The largest absolute Gasteiger partial charge is 0.340 e. The Morgan fingerprint density at radius 1 is 1.50 bits per heavy atom. The van der Waals surface area contributed by atoms with Crippen molar-refractivity contribution in [1.29, 1.82) is 0 Å². The molecule has 1 aliphatic rings. The minimum Gasteiger partial charge on any atom is -0.340 e. The fourth-order valence-corrected chi connectivity index (χ4v) is 2.38. The molecule has 0 aromatic heterocycles. The van der Waals surface area contributed by atoms with Gasteiger partial charge < -0.3 is 10.2 Å². The number of nitrogens with one attached hydrogen (secondary N) is 1. The molecule has 0 radical (unpaired) electrons. The van der Waals surface area contributed by atoms with Gasteiger partial charge in [-0.1, -0.05) is 35.7 Å². The number of amides is 2. The molecule has 104 valence electrons. The van der Waals surface area contributed by atoms with Crippen LogP contribution < -0.4 is 5.32 Å². The topological polar surface area (TPSA) is 49.4 Å². The van der Waals surface area contributed by atoms with Crippen molar-refractivity contribution >= 4 is 23.4 Å². The van der Waals surface area contributed by atoms with Gasteiger partial charge in [0.1, 0.15) is 0 Å². The van der Waals surface area contributed by atoms with Crippen LogP contribution in [0.1, 0.15) is 18.9 Å². The molecule has 1 aliphatic heterocycles. The Balaban J connectivity index is 1.97. The van der Waals surface area contributed by atoms with Crippen LogP contribution in [0.3, 0.4) is 0 Å². The van der Waals surface area contributed by atoms with Gasteiger partial charge >= 0.3 is 0 Å². The molecule has 1 aromatic rings. The fourth-order valence-electron chi connectivity index (χ4n) is 2.19. The number of halogens is 1. The molecule has 0 saturated carbocycles. The van der Waals surface area contributed by atoms with Crippen LogP contribution in [-0.2, 0) is 16.1 Å². The number of rotatable bonds is 3. The van der Waals surface area contributed by atoms with Crippen molar-refractivity contribution in [2.75, 3.05) is 6.54 Å². The number of nitrogens with zero attached hydrogens (tertiary/aromatic N) is 1. The maximum absolute atomic E-state index is 11.9. The van der Waals surface area contributed by atoms with Crippen LogP contribution in [0.4, 0.5) is 0 Å². The van der Waals surface area contributed by atoms with E-state index in [1.165, 1.54) is 0 Å². The Labute approximate surface area is 123 Å². The molecule has 1 fully saturated rings. The van der Waals surface area contributed by atoms with Crippen LogP contribution in [0.5, 0.6) is 0 Å². The number of carbonyl (C=O) groups is 2. The van der Waals surface area contributed by atoms with Gasteiger partial charge in [0, 0.05) is 24.5 Å². The third-order valence-corrected chi connectivity index (χ3v) is 3.48. The summed E-state index contributed by atoms with van der Waals surface area (Å²) in [4.78, 5) is 25.0. The Hall–Kier alpha value is -1.99. The minimum atomic E-state index is -0.343. The van der Waals surface area contributed by atoms with Crippen molar-refractivity contribution < 1.29 is 9.59 Å². The van der Waals surface area contributed by atoms with Gasteiger partial charge in [-0.3, -0.25) is 9.59 Å². The molecular formula is C15H15ClN2O2. The zero-order chi connectivity index (χ0) is 14.5. The maximum Gasteiger partial charge on any atom is 0.296 e. The summed E-state index contributed by atoms with van der Waals surface area (Å²) in [5, 5.41) is 3.38. The smallest absolute Gasteiger partial charge is 0.296 e. The quantitative estimate of drug-likeness (QED) is 0.859. The van der Waals surface area contributed by atoms with Crippen LogP contribution >= 0.6 is 11.6 Å². The third-order valence-electron chi connectivity index (χ3n) is 3.11. The van der Waals surface area contributed by atoms with Crippen molar-refractivity contribution in [1.82, 2.24) is 10.2 Å². The summed E-state index contributed by atoms with van der Waals surface area (Å²) >= 11 is 6.09. The molecule has 0 aliphatic carbocycles. The van der Waals surface area contributed by atoms with Gasteiger partial charge in [0.25, 0.3) is 5.91 Å². The highest BCUT2D eigenvalue weighted by Crippen LogP contribution is 2.20. The molecule has 5 heteroatoms. The lowest BCUT2D eigenvalue weighted by molar-refractivity contribution is -0.128. The van der Waals surface area contributed by atoms with Crippen LogP contribution in [-0.4, -0.2) is 29.3 Å². The summed E-state index contributed by atoms with van der Waals surface area (Å²) in [6.07, 6.45) is 0.307. The Kier molecular flexibility index (Phi) is 4.65. The van der Waals surface area contributed by atoms with E-state index in [2.05, 4.69) is 17.2 Å². The van der Waals surface area contributed by atoms with Gasteiger partial charge in [-0.15, -0.1) is 0 Å². The molecule has 0 unspecified atom stereocenters. The summed E-state index contributed by atoms with van der Waals surface area (Å²) < 4.78 is 0. The maximum atomic E-state index is 11.9. The average molecular weight is 291 g/mol.